The quantitative estimate of drug-likeness (QED) is 0.304. The Morgan fingerprint density at radius 1 is 0.600 bits per heavy atom. The van der Waals surface area contributed by atoms with Crippen LogP contribution in [-0.2, 0) is 4.79 Å². The van der Waals surface area contributed by atoms with Gasteiger partial charge in [0.1, 0.15) is 0 Å². The first kappa shape index (κ1) is 26.7. The average molecular weight is 357 g/mol. The molecular weight excluding hydrogens is 308 g/mol. The molecule has 0 aliphatic heterocycles. The number of carbonyl (C=O) groups is 1. The molecule has 0 radical (unpaired) electrons. The molecule has 25 heavy (non-hydrogen) atoms. The van der Waals surface area contributed by atoms with Crippen LogP contribution in [0.4, 0.5) is 0 Å². The molecule has 0 fully saturated rings. The molecule has 0 saturated carbocycles. The van der Waals surface area contributed by atoms with Crippen LogP contribution < -0.4 is 10.6 Å². The number of amides is 1. The number of hydrogen-bond donors (Lipinski definition) is 2. The van der Waals surface area contributed by atoms with Gasteiger partial charge in [-0.25, -0.2) is 0 Å². The van der Waals surface area contributed by atoms with Crippen LogP contribution in [0.2, 0.25) is 0 Å². The Morgan fingerprint density at radius 3 is 1.48 bits per heavy atom. The summed E-state index contributed by atoms with van der Waals surface area (Å²) in [7, 11) is 0. The van der Waals surface area contributed by atoms with Crippen molar-refractivity contribution in [3.63, 3.8) is 0 Å². The van der Waals surface area contributed by atoms with E-state index < -0.39 is 0 Å². The van der Waals surface area contributed by atoms with Gasteiger partial charge in [0, 0.05) is 13.0 Å². The minimum Gasteiger partial charge on any atom is -0.356 e. The van der Waals surface area contributed by atoms with Crippen LogP contribution in [0.15, 0.2) is 0 Å². The van der Waals surface area contributed by atoms with E-state index in [1.165, 1.54) is 90.1 Å². The molecule has 3 heteroatoms. The third-order valence-corrected chi connectivity index (χ3v) is 4.30. The van der Waals surface area contributed by atoms with Crippen molar-refractivity contribution in [2.45, 2.75) is 118 Å². The number of unbranched alkanes of at least 4 members (excludes halogenated alkanes) is 10. The van der Waals surface area contributed by atoms with Crippen molar-refractivity contribution < 1.29 is 4.79 Å². The van der Waals surface area contributed by atoms with Crippen LogP contribution in [0.25, 0.3) is 0 Å². The second-order valence-corrected chi connectivity index (χ2v) is 6.99. The van der Waals surface area contributed by atoms with Crippen LogP contribution in [-0.4, -0.2) is 25.5 Å². The fourth-order valence-corrected chi connectivity index (χ4v) is 2.61. The first-order chi connectivity index (χ1) is 12.2. The van der Waals surface area contributed by atoms with Gasteiger partial charge in [0.15, 0.2) is 0 Å². The Morgan fingerprint density at radius 2 is 1.04 bits per heavy atom. The van der Waals surface area contributed by atoms with E-state index in [1.807, 2.05) is 6.92 Å². The molecule has 3 nitrogen and oxygen atoms in total. The molecule has 0 aromatic rings. The van der Waals surface area contributed by atoms with Crippen LogP contribution in [0.1, 0.15) is 118 Å². The number of nitrogens with one attached hydrogen (secondary N) is 2. The standard InChI is InChI=1S/C14H29NO.C8H19N/c1-3-5-6-7-8-9-10-11-12-13-14(16)15-4-2;1-3-5-7-9-8-6-4-2/h3-13H2,1-2H3,(H,15,16);9H,3-8H2,1-2H3. The van der Waals surface area contributed by atoms with E-state index in [9.17, 15) is 4.79 Å². The van der Waals surface area contributed by atoms with Crippen molar-refractivity contribution in [2.24, 2.45) is 0 Å². The number of rotatable bonds is 17. The molecule has 1 amide bonds. The van der Waals surface area contributed by atoms with Crippen LogP contribution >= 0.6 is 0 Å². The predicted molar refractivity (Wildman–Crippen MR) is 113 cm³/mol. The summed E-state index contributed by atoms with van der Waals surface area (Å²) in [6.07, 6.45) is 17.8. The second kappa shape index (κ2) is 25.7. The summed E-state index contributed by atoms with van der Waals surface area (Å²) in [5.74, 6) is 0.213. The monoisotopic (exact) mass is 356 g/mol. The SMILES string of the molecule is CCCCCCCCCCCC(=O)NCC.CCCCNCCCC. The van der Waals surface area contributed by atoms with E-state index in [0.29, 0.717) is 6.42 Å². The maximum atomic E-state index is 11.1. The first-order valence-electron chi connectivity index (χ1n) is 11.2. The molecule has 0 saturated heterocycles. The molecule has 2 N–H and O–H groups in total. The number of carbonyl (C=O) groups excluding carboxylic acids is 1. The van der Waals surface area contributed by atoms with Crippen molar-refractivity contribution in [1.82, 2.24) is 10.6 Å². The molecule has 0 rings (SSSR count). The molecule has 0 heterocycles. The third kappa shape index (κ3) is 28.5. The highest BCUT2D eigenvalue weighted by Gasteiger charge is 1.98. The Hall–Kier alpha value is -0.570. The maximum absolute atomic E-state index is 11.1. The summed E-state index contributed by atoms with van der Waals surface area (Å²) >= 11 is 0. The topological polar surface area (TPSA) is 41.1 Å². The lowest BCUT2D eigenvalue weighted by molar-refractivity contribution is -0.121. The molecule has 0 bridgehead atoms. The van der Waals surface area contributed by atoms with Crippen molar-refractivity contribution >= 4 is 5.91 Å². The highest BCUT2D eigenvalue weighted by molar-refractivity contribution is 5.75. The molecular formula is C22H48N2O. The summed E-state index contributed by atoms with van der Waals surface area (Å²) < 4.78 is 0. The molecule has 0 aromatic heterocycles. The minimum atomic E-state index is 0.213. The highest BCUT2D eigenvalue weighted by Crippen LogP contribution is 2.10. The van der Waals surface area contributed by atoms with E-state index >= 15 is 0 Å². The lowest BCUT2D eigenvalue weighted by atomic mass is 10.1. The molecule has 0 atom stereocenters. The third-order valence-electron chi connectivity index (χ3n) is 4.30. The Balaban J connectivity index is 0. The molecule has 0 unspecified atom stereocenters. The molecule has 0 aliphatic carbocycles. The Bertz CT molecular complexity index is 238. The number of hydrogen-bond acceptors (Lipinski definition) is 2. The van der Waals surface area contributed by atoms with Gasteiger partial charge in [0.25, 0.3) is 0 Å². The van der Waals surface area contributed by atoms with Gasteiger partial charge in [-0.1, -0.05) is 85.0 Å². The zero-order valence-electron chi connectivity index (χ0n) is 17.9. The molecule has 0 aromatic carbocycles. The van der Waals surface area contributed by atoms with Gasteiger partial charge >= 0.3 is 0 Å². The Kier molecular flexibility index (Phi) is 27.4. The summed E-state index contributed by atoms with van der Waals surface area (Å²) in [6.45, 7) is 11.8. The van der Waals surface area contributed by atoms with Crippen LogP contribution in [0, 0.1) is 0 Å². The van der Waals surface area contributed by atoms with E-state index in [1.54, 1.807) is 0 Å². The van der Waals surface area contributed by atoms with Gasteiger partial charge in [-0.2, -0.15) is 0 Å². The van der Waals surface area contributed by atoms with Crippen molar-refractivity contribution in [1.29, 1.82) is 0 Å². The van der Waals surface area contributed by atoms with Gasteiger partial charge in [-0.05, 0) is 39.3 Å². The molecule has 152 valence electrons. The van der Waals surface area contributed by atoms with Gasteiger partial charge in [0.2, 0.25) is 5.91 Å². The van der Waals surface area contributed by atoms with Gasteiger partial charge in [-0.3, -0.25) is 4.79 Å². The highest BCUT2D eigenvalue weighted by atomic mass is 16.1. The van der Waals surface area contributed by atoms with Crippen LogP contribution in [0.3, 0.4) is 0 Å². The van der Waals surface area contributed by atoms with Gasteiger partial charge < -0.3 is 10.6 Å². The normalized spacial score (nSPS) is 10.2. The van der Waals surface area contributed by atoms with Gasteiger partial charge in [0.05, 0.1) is 0 Å². The Labute approximate surface area is 159 Å². The van der Waals surface area contributed by atoms with Crippen molar-refractivity contribution in [3.8, 4) is 0 Å². The van der Waals surface area contributed by atoms with E-state index in [-0.39, 0.29) is 5.91 Å². The molecule has 0 aliphatic rings. The largest absolute Gasteiger partial charge is 0.356 e. The van der Waals surface area contributed by atoms with E-state index in [4.69, 9.17) is 0 Å². The lowest BCUT2D eigenvalue weighted by Gasteiger charge is -2.02. The zero-order chi connectivity index (χ0) is 19.0. The fourth-order valence-electron chi connectivity index (χ4n) is 2.61. The minimum absolute atomic E-state index is 0.213. The summed E-state index contributed by atoms with van der Waals surface area (Å²) in [5.41, 5.74) is 0. The first-order valence-corrected chi connectivity index (χ1v) is 11.2. The lowest BCUT2D eigenvalue weighted by Crippen LogP contribution is -2.21. The summed E-state index contributed by atoms with van der Waals surface area (Å²) in [6, 6.07) is 0. The maximum Gasteiger partial charge on any atom is 0.219 e. The summed E-state index contributed by atoms with van der Waals surface area (Å²) in [4.78, 5) is 11.1. The van der Waals surface area contributed by atoms with Crippen LogP contribution in [0.5, 0.6) is 0 Å². The average Bonchev–Trinajstić information content (AvgIpc) is 2.61. The van der Waals surface area contributed by atoms with Crippen molar-refractivity contribution in [2.75, 3.05) is 19.6 Å². The fraction of sp³-hybridized carbons (Fsp3) is 0.955. The van der Waals surface area contributed by atoms with Gasteiger partial charge in [-0.15, -0.1) is 0 Å². The van der Waals surface area contributed by atoms with E-state index in [2.05, 4.69) is 31.4 Å². The van der Waals surface area contributed by atoms with E-state index in [0.717, 1.165) is 13.0 Å². The smallest absolute Gasteiger partial charge is 0.219 e. The second-order valence-electron chi connectivity index (χ2n) is 6.99. The zero-order valence-corrected chi connectivity index (χ0v) is 17.9. The van der Waals surface area contributed by atoms with Crippen molar-refractivity contribution in [3.05, 3.63) is 0 Å². The predicted octanol–water partition coefficient (Wildman–Crippen LogP) is 6.22. The molecule has 0 spiro atoms. The summed E-state index contributed by atoms with van der Waals surface area (Å²) in [5, 5.41) is 6.22.